The number of ether oxygens (including phenoxy) is 1. The minimum absolute atomic E-state index is 0.384. The topological polar surface area (TPSA) is 52.1 Å². The highest BCUT2D eigenvalue weighted by Gasteiger charge is 2.06. The number of pyridine rings is 1. The van der Waals surface area contributed by atoms with E-state index in [1.165, 1.54) is 11.3 Å². The maximum Gasteiger partial charge on any atom is 0.169 e. The van der Waals surface area contributed by atoms with Crippen molar-refractivity contribution in [3.8, 4) is 10.6 Å². The van der Waals surface area contributed by atoms with Crippen molar-refractivity contribution >= 4 is 17.6 Å². The first-order chi connectivity index (χ1) is 9.08. The Kier molecular flexibility index (Phi) is 6.32. The first kappa shape index (κ1) is 15.5. The summed E-state index contributed by atoms with van der Waals surface area (Å²) in [6, 6.07) is 1.93. The van der Waals surface area contributed by atoms with E-state index in [4.69, 9.17) is 4.74 Å². The normalized spacial score (nSPS) is 9.95. The first-order valence-corrected chi connectivity index (χ1v) is 6.81. The van der Waals surface area contributed by atoms with Crippen molar-refractivity contribution in [3.05, 3.63) is 35.1 Å². The van der Waals surface area contributed by atoms with Crippen LogP contribution in [0.1, 0.15) is 29.9 Å². The number of rotatable bonds is 3. The predicted molar refractivity (Wildman–Crippen MR) is 77.6 cm³/mol. The number of aryl methyl sites for hydroxylation is 1. The van der Waals surface area contributed by atoms with Crippen molar-refractivity contribution in [1.29, 1.82) is 0 Å². The molecular weight excluding hydrogens is 260 g/mol. The minimum Gasteiger partial charge on any atom is -0.382 e. The second kappa shape index (κ2) is 7.76. The molecule has 0 aliphatic rings. The van der Waals surface area contributed by atoms with Gasteiger partial charge in [0.25, 0.3) is 0 Å². The van der Waals surface area contributed by atoms with Gasteiger partial charge in [-0.3, -0.25) is 9.78 Å². The van der Waals surface area contributed by atoms with E-state index >= 15 is 0 Å². The van der Waals surface area contributed by atoms with Crippen LogP contribution in [0.15, 0.2) is 23.8 Å². The smallest absolute Gasteiger partial charge is 0.169 e. The molecule has 102 valence electrons. The van der Waals surface area contributed by atoms with E-state index in [1.54, 1.807) is 24.9 Å². The summed E-state index contributed by atoms with van der Waals surface area (Å²) in [5.41, 5.74) is 2.59. The van der Waals surface area contributed by atoms with Crippen LogP contribution in [-0.2, 0) is 4.74 Å². The number of hydrogen-bond acceptors (Lipinski definition) is 5. The summed E-state index contributed by atoms with van der Waals surface area (Å²) in [4.78, 5) is 18.7. The van der Waals surface area contributed by atoms with Crippen LogP contribution in [0.5, 0.6) is 0 Å². The van der Waals surface area contributed by atoms with Crippen LogP contribution in [0.3, 0.4) is 0 Å². The van der Waals surface area contributed by atoms with Crippen LogP contribution in [0.25, 0.3) is 10.6 Å². The summed E-state index contributed by atoms with van der Waals surface area (Å²) in [6.45, 7) is 6.00. The number of methoxy groups -OCH3 is 1. The van der Waals surface area contributed by atoms with Crippen molar-refractivity contribution < 1.29 is 9.53 Å². The molecule has 0 unspecified atom stereocenters. The Hall–Kier alpha value is -1.59. The van der Waals surface area contributed by atoms with E-state index in [0.29, 0.717) is 11.8 Å². The van der Waals surface area contributed by atoms with Gasteiger partial charge in [-0.1, -0.05) is 0 Å². The molecule has 2 aromatic heterocycles. The minimum atomic E-state index is 0.384. The van der Waals surface area contributed by atoms with E-state index in [-0.39, 0.29) is 0 Å². The predicted octanol–water partition coefficient (Wildman–Crippen LogP) is 3.37. The number of thiazole rings is 1. The van der Waals surface area contributed by atoms with Crippen LogP contribution < -0.4 is 0 Å². The van der Waals surface area contributed by atoms with Gasteiger partial charge in [0.2, 0.25) is 0 Å². The van der Waals surface area contributed by atoms with Crippen molar-refractivity contribution in [2.75, 3.05) is 7.11 Å². The fraction of sp³-hybridized carbons (Fsp3) is 0.357. The van der Waals surface area contributed by atoms with E-state index in [0.717, 1.165) is 22.4 Å². The lowest BCUT2D eigenvalue weighted by Gasteiger charge is -1.98. The highest BCUT2D eigenvalue weighted by Crippen LogP contribution is 2.25. The summed E-state index contributed by atoms with van der Waals surface area (Å²) in [7, 11) is 1.70. The van der Waals surface area contributed by atoms with Gasteiger partial charge >= 0.3 is 0 Å². The Morgan fingerprint density at radius 2 is 2.11 bits per heavy atom. The molecule has 0 amide bonds. The zero-order chi connectivity index (χ0) is 14.3. The summed E-state index contributed by atoms with van der Waals surface area (Å²) in [6.07, 6.45) is 4.65. The summed E-state index contributed by atoms with van der Waals surface area (Å²) < 4.78 is 4.75. The van der Waals surface area contributed by atoms with Crippen LogP contribution in [0, 0.1) is 6.92 Å². The van der Waals surface area contributed by atoms with Crippen molar-refractivity contribution in [2.24, 2.45) is 0 Å². The fourth-order valence-electron chi connectivity index (χ4n) is 1.15. The average molecular weight is 278 g/mol. The Labute approximate surface area is 117 Å². The molecule has 0 radical (unpaired) electrons. The van der Waals surface area contributed by atoms with E-state index in [9.17, 15) is 4.79 Å². The van der Waals surface area contributed by atoms with Gasteiger partial charge < -0.3 is 4.74 Å². The van der Waals surface area contributed by atoms with Gasteiger partial charge in [-0.05, 0) is 32.4 Å². The summed E-state index contributed by atoms with van der Waals surface area (Å²) >= 11 is 1.46. The molecule has 19 heavy (non-hydrogen) atoms. The fourth-order valence-corrected chi connectivity index (χ4v) is 1.99. The standard InChI is InChI=1S/C10H8N2OS.C4H10O/c1-7-2-3-11-4-9(7)10-12-8(5-13)6-14-10;1-4(2)5-3/h2-6H,1H3;4H,1-3H3. The highest BCUT2D eigenvalue weighted by molar-refractivity contribution is 7.13. The first-order valence-electron chi connectivity index (χ1n) is 5.93. The molecule has 0 N–H and O–H groups in total. The van der Waals surface area contributed by atoms with Crippen LogP contribution in [-0.4, -0.2) is 29.5 Å². The Morgan fingerprint density at radius 1 is 1.42 bits per heavy atom. The molecule has 2 rings (SSSR count). The lowest BCUT2D eigenvalue weighted by atomic mass is 10.2. The second-order valence-corrected chi connectivity index (χ2v) is 5.03. The van der Waals surface area contributed by atoms with Crippen molar-refractivity contribution in [1.82, 2.24) is 9.97 Å². The molecule has 0 aromatic carbocycles. The van der Waals surface area contributed by atoms with Crippen LogP contribution in [0.2, 0.25) is 0 Å². The van der Waals surface area contributed by atoms with Gasteiger partial charge in [0.15, 0.2) is 6.29 Å². The Balaban J connectivity index is 0.000000312. The number of aldehydes is 1. The second-order valence-electron chi connectivity index (χ2n) is 4.17. The van der Waals surface area contributed by atoms with Gasteiger partial charge in [-0.15, -0.1) is 11.3 Å². The van der Waals surface area contributed by atoms with Crippen molar-refractivity contribution in [3.63, 3.8) is 0 Å². The van der Waals surface area contributed by atoms with Crippen molar-refractivity contribution in [2.45, 2.75) is 26.9 Å². The van der Waals surface area contributed by atoms with Gasteiger partial charge in [-0.25, -0.2) is 4.98 Å². The molecule has 0 saturated heterocycles. The molecule has 2 aromatic rings. The molecule has 0 aliphatic carbocycles. The zero-order valence-corrected chi connectivity index (χ0v) is 12.4. The third-order valence-corrected chi connectivity index (χ3v) is 3.28. The maximum absolute atomic E-state index is 10.5. The molecule has 0 spiro atoms. The lowest BCUT2D eigenvalue weighted by Crippen LogP contribution is -1.94. The zero-order valence-electron chi connectivity index (χ0n) is 11.6. The van der Waals surface area contributed by atoms with Gasteiger partial charge in [0.1, 0.15) is 10.7 Å². The molecule has 0 saturated carbocycles. The summed E-state index contributed by atoms with van der Waals surface area (Å²) in [5, 5.41) is 2.59. The molecule has 4 nitrogen and oxygen atoms in total. The molecule has 2 heterocycles. The number of aromatic nitrogens is 2. The van der Waals surface area contributed by atoms with Crippen LogP contribution >= 0.6 is 11.3 Å². The SMILES string of the molecule is COC(C)C.Cc1ccncc1-c1nc(C=O)cs1. The number of nitrogens with zero attached hydrogens (tertiary/aromatic N) is 2. The van der Waals surface area contributed by atoms with Gasteiger partial charge in [-0.2, -0.15) is 0 Å². The van der Waals surface area contributed by atoms with E-state index in [1.807, 2.05) is 26.8 Å². The average Bonchev–Trinajstić information content (AvgIpc) is 2.88. The third kappa shape index (κ3) is 4.89. The van der Waals surface area contributed by atoms with Crippen LogP contribution in [0.4, 0.5) is 0 Å². The molecule has 0 fully saturated rings. The quantitative estimate of drug-likeness (QED) is 0.808. The lowest BCUT2D eigenvalue weighted by molar-refractivity contribution is 0.111. The largest absolute Gasteiger partial charge is 0.382 e. The molecule has 5 heteroatoms. The Morgan fingerprint density at radius 3 is 2.58 bits per heavy atom. The number of carbonyl (C=O) groups excluding carboxylic acids is 1. The van der Waals surface area contributed by atoms with E-state index < -0.39 is 0 Å². The summed E-state index contributed by atoms with van der Waals surface area (Å²) in [5.74, 6) is 0. The maximum atomic E-state index is 10.5. The monoisotopic (exact) mass is 278 g/mol. The molecule has 0 bridgehead atoms. The van der Waals surface area contributed by atoms with Gasteiger partial charge in [0, 0.05) is 30.4 Å². The molecular formula is C14H18N2O2S. The van der Waals surface area contributed by atoms with Gasteiger partial charge in [0.05, 0.1) is 6.10 Å². The number of carbonyl (C=O) groups is 1. The third-order valence-electron chi connectivity index (χ3n) is 2.38. The molecule has 0 aliphatic heterocycles. The molecule has 0 atom stereocenters. The van der Waals surface area contributed by atoms with E-state index in [2.05, 4.69) is 9.97 Å². The number of hydrogen-bond donors (Lipinski definition) is 0. The highest BCUT2D eigenvalue weighted by atomic mass is 32.1. The Bertz CT molecular complexity index is 524.